The third-order valence-electron chi connectivity index (χ3n) is 19.0. The van der Waals surface area contributed by atoms with Gasteiger partial charge in [-0.1, -0.05) is 381 Å². The third-order valence-corrected chi connectivity index (χ3v) is 20.9. The van der Waals surface area contributed by atoms with Crippen molar-refractivity contribution in [2.45, 2.75) is 451 Å². The summed E-state index contributed by atoms with van der Waals surface area (Å²) in [4.78, 5) is 73.0. The van der Waals surface area contributed by atoms with Crippen molar-refractivity contribution in [3.63, 3.8) is 0 Å². The van der Waals surface area contributed by atoms with Crippen LogP contribution in [0, 0.1) is 5.92 Å². The molecule has 0 rings (SSSR count). The van der Waals surface area contributed by atoms with Gasteiger partial charge in [-0.25, -0.2) is 9.13 Å². The first-order valence-corrected chi connectivity index (χ1v) is 45.1. The number of aliphatic hydroxyl groups excluding tert-OH is 1. The molecule has 0 aliphatic rings. The summed E-state index contributed by atoms with van der Waals surface area (Å²) in [5.74, 6) is -1.31. The summed E-state index contributed by atoms with van der Waals surface area (Å²) >= 11 is 0. The van der Waals surface area contributed by atoms with E-state index in [0.29, 0.717) is 25.7 Å². The van der Waals surface area contributed by atoms with Crippen LogP contribution in [0.5, 0.6) is 0 Å². The van der Waals surface area contributed by atoms with Gasteiger partial charge in [0.1, 0.15) is 19.3 Å². The molecule has 2 unspecified atom stereocenters. The minimum atomic E-state index is -4.96. The highest BCUT2D eigenvalue weighted by atomic mass is 31.2. The molecule has 0 aromatic carbocycles. The molecule has 0 bridgehead atoms. The number of carbonyl (C=O) groups excluding carboxylic acids is 4. The fourth-order valence-corrected chi connectivity index (χ4v) is 14.2. The summed E-state index contributed by atoms with van der Waals surface area (Å²) in [5.41, 5.74) is 0. The first-order chi connectivity index (χ1) is 48.5. The number of phosphoric ester groups is 2. The zero-order valence-electron chi connectivity index (χ0n) is 65.3. The Hall–Kier alpha value is -1.94. The number of hydrogen-bond donors (Lipinski definition) is 3. The number of esters is 4. The normalized spacial score (nSPS) is 13.8. The van der Waals surface area contributed by atoms with Gasteiger partial charge in [-0.05, 0) is 31.6 Å². The molecule has 0 saturated carbocycles. The zero-order chi connectivity index (χ0) is 73.4. The monoisotopic (exact) mass is 1470 g/mol. The van der Waals surface area contributed by atoms with E-state index in [0.717, 1.165) is 95.8 Å². The first kappa shape index (κ1) is 98.1. The van der Waals surface area contributed by atoms with Gasteiger partial charge in [0.15, 0.2) is 12.2 Å². The topological polar surface area (TPSA) is 237 Å². The van der Waals surface area contributed by atoms with Crippen LogP contribution in [0.2, 0.25) is 0 Å². The van der Waals surface area contributed by atoms with Crippen LogP contribution < -0.4 is 0 Å². The second kappa shape index (κ2) is 73.9. The van der Waals surface area contributed by atoms with Crippen LogP contribution in [-0.4, -0.2) is 96.7 Å². The minimum Gasteiger partial charge on any atom is -0.462 e. The van der Waals surface area contributed by atoms with E-state index in [4.69, 9.17) is 37.0 Å². The molecular weight excluding hydrogens is 1310 g/mol. The van der Waals surface area contributed by atoms with Crippen molar-refractivity contribution in [2.24, 2.45) is 5.92 Å². The van der Waals surface area contributed by atoms with Crippen LogP contribution in [0.15, 0.2) is 0 Å². The number of rotatable bonds is 81. The lowest BCUT2D eigenvalue weighted by Gasteiger charge is -2.21. The summed E-state index contributed by atoms with van der Waals surface area (Å²) in [7, 11) is -9.92. The van der Waals surface area contributed by atoms with E-state index >= 15 is 0 Å². The molecule has 0 fully saturated rings. The lowest BCUT2D eigenvalue weighted by atomic mass is 10.0. The Morgan fingerprint density at radius 1 is 0.270 bits per heavy atom. The average molecular weight is 1470 g/mol. The van der Waals surface area contributed by atoms with Gasteiger partial charge in [0.05, 0.1) is 26.4 Å². The lowest BCUT2D eigenvalue weighted by molar-refractivity contribution is -0.161. The van der Waals surface area contributed by atoms with Gasteiger partial charge in [0, 0.05) is 25.7 Å². The molecule has 0 radical (unpaired) electrons. The van der Waals surface area contributed by atoms with Crippen LogP contribution in [0.3, 0.4) is 0 Å². The molecule has 0 aliphatic heterocycles. The molecule has 0 spiro atoms. The van der Waals surface area contributed by atoms with Crippen LogP contribution in [0.25, 0.3) is 0 Å². The molecule has 0 heterocycles. The highest BCUT2D eigenvalue weighted by Crippen LogP contribution is 2.45. The summed E-state index contributed by atoms with van der Waals surface area (Å²) in [5, 5.41) is 10.6. The maximum absolute atomic E-state index is 13.1. The van der Waals surface area contributed by atoms with E-state index in [-0.39, 0.29) is 25.7 Å². The van der Waals surface area contributed by atoms with Gasteiger partial charge in [-0.2, -0.15) is 0 Å². The van der Waals surface area contributed by atoms with Crippen molar-refractivity contribution >= 4 is 39.5 Å². The Kier molecular flexibility index (Phi) is 72.5. The number of unbranched alkanes of at least 4 members (excludes halogenated alkanes) is 53. The highest BCUT2D eigenvalue weighted by Gasteiger charge is 2.30. The molecule has 19 heteroatoms. The summed E-state index contributed by atoms with van der Waals surface area (Å²) in [6, 6.07) is 0. The smallest absolute Gasteiger partial charge is 0.462 e. The molecule has 594 valence electrons. The van der Waals surface area contributed by atoms with Crippen LogP contribution in [0.1, 0.15) is 433 Å². The Bertz CT molecular complexity index is 1910. The second-order valence-electron chi connectivity index (χ2n) is 29.6. The quantitative estimate of drug-likeness (QED) is 0.0222. The van der Waals surface area contributed by atoms with E-state index < -0.39 is 97.5 Å². The van der Waals surface area contributed by atoms with Crippen molar-refractivity contribution in [2.75, 3.05) is 39.6 Å². The standard InChI is InChI=1S/C81H158O17P2/c1-6-9-12-15-18-21-24-26-27-28-29-30-31-32-33-38-42-47-52-57-62-67-81(86)98-77(71-92-79(84)65-60-55-50-45-41-37-35-34-36-39-43-48-53-58-63-74(4)5)73-96-100(89,90)94-69-75(82)68-93-99(87,88)95-72-76(70-91-78(83)64-59-54-49-44-23-20-17-14-11-8-3)97-80(85)66-61-56-51-46-40-25-22-19-16-13-10-7-2/h74-77,82H,6-73H2,1-5H3,(H,87,88)(H,89,90)/t75-,76+,77+/m0/s1. The predicted octanol–water partition coefficient (Wildman–Crippen LogP) is 24.4. The van der Waals surface area contributed by atoms with Crippen molar-refractivity contribution in [1.29, 1.82) is 0 Å². The molecule has 17 nitrogen and oxygen atoms in total. The fraction of sp³-hybridized carbons (Fsp3) is 0.951. The van der Waals surface area contributed by atoms with Crippen LogP contribution in [-0.2, 0) is 65.4 Å². The van der Waals surface area contributed by atoms with Crippen molar-refractivity contribution in [1.82, 2.24) is 0 Å². The van der Waals surface area contributed by atoms with E-state index in [1.54, 1.807) is 0 Å². The summed E-state index contributed by atoms with van der Waals surface area (Å²) in [6.07, 6.45) is 65.2. The maximum atomic E-state index is 13.1. The van der Waals surface area contributed by atoms with Gasteiger partial charge in [-0.15, -0.1) is 0 Å². The number of hydrogen-bond acceptors (Lipinski definition) is 15. The molecule has 5 atom stereocenters. The molecule has 0 saturated heterocycles. The molecule has 0 aromatic rings. The zero-order valence-corrected chi connectivity index (χ0v) is 67.1. The number of aliphatic hydroxyl groups is 1. The first-order valence-electron chi connectivity index (χ1n) is 42.1. The number of phosphoric acid groups is 2. The van der Waals surface area contributed by atoms with Gasteiger partial charge >= 0.3 is 39.5 Å². The maximum Gasteiger partial charge on any atom is 0.472 e. The highest BCUT2D eigenvalue weighted by molar-refractivity contribution is 7.47. The van der Waals surface area contributed by atoms with Crippen molar-refractivity contribution in [3.8, 4) is 0 Å². The largest absolute Gasteiger partial charge is 0.472 e. The Labute approximate surface area is 613 Å². The number of ether oxygens (including phenoxy) is 4. The number of carbonyl (C=O) groups is 4. The molecule has 3 N–H and O–H groups in total. The van der Waals surface area contributed by atoms with E-state index in [1.807, 2.05) is 0 Å². The van der Waals surface area contributed by atoms with Crippen molar-refractivity contribution < 1.29 is 80.2 Å². The van der Waals surface area contributed by atoms with E-state index in [9.17, 15) is 43.2 Å². The molecule has 0 aliphatic carbocycles. The van der Waals surface area contributed by atoms with E-state index in [1.165, 1.54) is 257 Å². The van der Waals surface area contributed by atoms with Gasteiger partial charge in [-0.3, -0.25) is 37.3 Å². The van der Waals surface area contributed by atoms with Crippen LogP contribution in [0.4, 0.5) is 0 Å². The van der Waals surface area contributed by atoms with Gasteiger partial charge in [0.2, 0.25) is 0 Å². The SMILES string of the molecule is CCCCCCCCCCCCCCCCCCCCCCCC(=O)O[C@H](COC(=O)CCCCCCCCCCCCCCCCC(C)C)COP(=O)(O)OC[C@@H](O)COP(=O)(O)OC[C@@H](COC(=O)CCCCCCCCCCCC)OC(=O)CCCCCCCCCCCCCC. The Balaban J connectivity index is 5.21. The van der Waals surface area contributed by atoms with Gasteiger partial charge in [0.25, 0.3) is 0 Å². The van der Waals surface area contributed by atoms with E-state index in [2.05, 4.69) is 34.6 Å². The van der Waals surface area contributed by atoms with Crippen molar-refractivity contribution in [3.05, 3.63) is 0 Å². The van der Waals surface area contributed by atoms with Crippen LogP contribution >= 0.6 is 15.6 Å². The molecule has 0 amide bonds. The minimum absolute atomic E-state index is 0.108. The lowest BCUT2D eigenvalue weighted by Crippen LogP contribution is -2.30. The predicted molar refractivity (Wildman–Crippen MR) is 409 cm³/mol. The fourth-order valence-electron chi connectivity index (χ4n) is 12.6. The third kappa shape index (κ3) is 74.3. The Morgan fingerprint density at radius 2 is 0.460 bits per heavy atom. The summed E-state index contributed by atoms with van der Waals surface area (Å²) < 4.78 is 68.7. The average Bonchev–Trinajstić information content (AvgIpc) is 0.935. The molecule has 0 aromatic heterocycles. The van der Waals surface area contributed by atoms with Gasteiger partial charge < -0.3 is 33.8 Å². The molecule has 100 heavy (non-hydrogen) atoms. The summed E-state index contributed by atoms with van der Waals surface area (Å²) in [6.45, 7) is 7.34. The Morgan fingerprint density at radius 3 is 0.680 bits per heavy atom. The molecular formula is C81H158O17P2. The second-order valence-corrected chi connectivity index (χ2v) is 32.5.